The van der Waals surface area contributed by atoms with E-state index in [1.54, 1.807) is 30.3 Å². The summed E-state index contributed by atoms with van der Waals surface area (Å²) in [6, 6.07) is 8.09. The van der Waals surface area contributed by atoms with Crippen LogP contribution in [0.2, 0.25) is 0 Å². The maximum absolute atomic E-state index is 10.8. The van der Waals surface area contributed by atoms with Crippen LogP contribution in [0.5, 0.6) is 0 Å². The molecule has 0 saturated carbocycles. The molecule has 1 aromatic rings. The van der Waals surface area contributed by atoms with Gasteiger partial charge in [0, 0.05) is 0 Å². The Morgan fingerprint density at radius 1 is 1.40 bits per heavy atom. The Kier molecular flexibility index (Phi) is 3.97. The first-order chi connectivity index (χ1) is 7.11. The van der Waals surface area contributed by atoms with Crippen molar-refractivity contribution in [2.45, 2.75) is 0 Å². The van der Waals surface area contributed by atoms with E-state index in [0.717, 1.165) is 0 Å². The van der Waals surface area contributed by atoms with Crippen molar-refractivity contribution in [1.82, 2.24) is 0 Å². The lowest BCUT2D eigenvalue weighted by atomic mass is 10.1. The highest BCUT2D eigenvalue weighted by atomic mass is 31.1. The SMILES string of the molecule is O=C(O)C(=CO[P+](=O)[O-])c1ccccc1. The summed E-state index contributed by atoms with van der Waals surface area (Å²) in [7, 11) is -3.09. The van der Waals surface area contributed by atoms with E-state index in [-0.39, 0.29) is 5.57 Å². The predicted octanol–water partition coefficient (Wildman–Crippen LogP) is 1.15. The average molecular weight is 226 g/mol. The summed E-state index contributed by atoms with van der Waals surface area (Å²) in [5.41, 5.74) is 0.164. The molecular weight excluding hydrogens is 219 g/mol. The van der Waals surface area contributed by atoms with E-state index in [4.69, 9.17) is 5.11 Å². The number of hydrogen-bond acceptors (Lipinski definition) is 4. The van der Waals surface area contributed by atoms with E-state index in [1.165, 1.54) is 0 Å². The summed E-state index contributed by atoms with van der Waals surface area (Å²) < 4.78 is 14.3. The van der Waals surface area contributed by atoms with Gasteiger partial charge < -0.3 is 10.00 Å². The van der Waals surface area contributed by atoms with Crippen LogP contribution in [0.25, 0.3) is 5.57 Å². The highest BCUT2D eigenvalue weighted by Gasteiger charge is 2.12. The van der Waals surface area contributed by atoms with Crippen molar-refractivity contribution in [3.63, 3.8) is 0 Å². The van der Waals surface area contributed by atoms with Gasteiger partial charge >= 0.3 is 14.2 Å². The van der Waals surface area contributed by atoms with Crippen molar-refractivity contribution in [3.05, 3.63) is 42.2 Å². The van der Waals surface area contributed by atoms with Gasteiger partial charge in [-0.1, -0.05) is 30.3 Å². The van der Waals surface area contributed by atoms with Crippen LogP contribution in [0.1, 0.15) is 5.56 Å². The fourth-order valence-electron chi connectivity index (χ4n) is 0.955. The summed E-state index contributed by atoms with van der Waals surface area (Å²) in [4.78, 5) is 20.9. The molecule has 15 heavy (non-hydrogen) atoms. The molecule has 0 radical (unpaired) electrons. The lowest BCUT2D eigenvalue weighted by Crippen LogP contribution is -2.00. The lowest BCUT2D eigenvalue weighted by Gasteiger charge is -1.99. The Labute approximate surface area is 86.6 Å². The van der Waals surface area contributed by atoms with Crippen molar-refractivity contribution >= 4 is 19.8 Å². The topological polar surface area (TPSA) is 86.7 Å². The van der Waals surface area contributed by atoms with Crippen LogP contribution in [0, 0.1) is 0 Å². The highest BCUT2D eigenvalue weighted by Crippen LogP contribution is 2.18. The van der Waals surface area contributed by atoms with Crippen LogP contribution >= 0.6 is 8.25 Å². The zero-order valence-corrected chi connectivity index (χ0v) is 8.39. The summed E-state index contributed by atoms with van der Waals surface area (Å²) in [6.07, 6.45) is 0.698. The van der Waals surface area contributed by atoms with Gasteiger partial charge in [-0.15, -0.1) is 0 Å². The molecule has 1 rings (SSSR count). The van der Waals surface area contributed by atoms with E-state index >= 15 is 0 Å². The highest BCUT2D eigenvalue weighted by molar-refractivity contribution is 7.30. The van der Waals surface area contributed by atoms with Crippen LogP contribution in [-0.4, -0.2) is 11.1 Å². The third kappa shape index (κ3) is 3.50. The van der Waals surface area contributed by atoms with Gasteiger partial charge in [0.15, 0.2) is 6.26 Å². The molecule has 0 fully saturated rings. The van der Waals surface area contributed by atoms with Gasteiger partial charge in [-0.25, -0.2) is 4.79 Å². The third-order valence-corrected chi connectivity index (χ3v) is 1.85. The molecule has 0 saturated heterocycles. The molecule has 0 aromatic heterocycles. The Morgan fingerprint density at radius 2 is 2.00 bits per heavy atom. The minimum absolute atomic E-state index is 0.213. The van der Waals surface area contributed by atoms with E-state index in [0.29, 0.717) is 11.8 Å². The van der Waals surface area contributed by atoms with E-state index in [1.807, 2.05) is 0 Å². The van der Waals surface area contributed by atoms with Crippen LogP contribution in [0.4, 0.5) is 0 Å². The molecule has 0 aliphatic heterocycles. The molecule has 78 valence electrons. The number of rotatable bonds is 4. The average Bonchev–Trinajstić information content (AvgIpc) is 2.18. The Balaban J connectivity index is 2.99. The van der Waals surface area contributed by atoms with Gasteiger partial charge in [0.2, 0.25) is 0 Å². The Bertz CT molecular complexity index is 398. The van der Waals surface area contributed by atoms with Crippen molar-refractivity contribution in [3.8, 4) is 0 Å². The number of carboxylic acid groups (broad SMARTS) is 1. The van der Waals surface area contributed by atoms with Crippen molar-refractivity contribution in [2.24, 2.45) is 0 Å². The van der Waals surface area contributed by atoms with Crippen LogP contribution in [-0.2, 0) is 13.9 Å². The minimum atomic E-state index is -3.09. The van der Waals surface area contributed by atoms with Crippen molar-refractivity contribution < 1.29 is 23.9 Å². The number of carbonyl (C=O) groups is 1. The standard InChI is InChI=1S/C9H7O5P/c10-9(11)8(6-14-15(12)13)7-4-2-1-3-5-7/h1-6H,(H,10,11). The molecule has 0 bridgehead atoms. The van der Waals surface area contributed by atoms with Gasteiger partial charge in [-0.3, -0.25) is 4.52 Å². The molecule has 0 amide bonds. The first-order valence-electron chi connectivity index (χ1n) is 3.91. The molecule has 0 aliphatic rings. The smallest absolute Gasteiger partial charge is 0.538 e. The molecule has 0 aliphatic carbocycles. The normalized spacial score (nSPS) is 12.1. The Morgan fingerprint density at radius 3 is 2.47 bits per heavy atom. The van der Waals surface area contributed by atoms with Crippen LogP contribution in [0.3, 0.4) is 0 Å². The minimum Gasteiger partial charge on any atom is -0.558 e. The van der Waals surface area contributed by atoms with Gasteiger partial charge in [0.25, 0.3) is 0 Å². The molecular formula is C9H7O5P. The first-order valence-corrected chi connectivity index (χ1v) is 5.01. The van der Waals surface area contributed by atoms with E-state index in [9.17, 15) is 14.3 Å². The fraction of sp³-hybridized carbons (Fsp3) is 0. The Hall–Kier alpha value is -1.71. The third-order valence-electron chi connectivity index (χ3n) is 1.57. The van der Waals surface area contributed by atoms with E-state index in [2.05, 4.69) is 4.52 Å². The monoisotopic (exact) mass is 226 g/mol. The van der Waals surface area contributed by atoms with Gasteiger partial charge in [0.05, 0.1) is 0 Å². The second-order valence-corrected chi connectivity index (χ2v) is 3.19. The second kappa shape index (κ2) is 5.24. The predicted molar refractivity (Wildman–Crippen MR) is 50.7 cm³/mol. The number of benzene rings is 1. The van der Waals surface area contributed by atoms with E-state index < -0.39 is 14.2 Å². The van der Waals surface area contributed by atoms with Gasteiger partial charge in [-0.2, -0.15) is 0 Å². The van der Waals surface area contributed by atoms with Crippen molar-refractivity contribution in [2.75, 3.05) is 0 Å². The zero-order chi connectivity index (χ0) is 11.3. The zero-order valence-electron chi connectivity index (χ0n) is 7.49. The van der Waals surface area contributed by atoms with Crippen molar-refractivity contribution in [1.29, 1.82) is 0 Å². The molecule has 1 atom stereocenters. The van der Waals surface area contributed by atoms with Crippen LogP contribution in [0.15, 0.2) is 36.6 Å². The fourth-order valence-corrected chi connectivity index (χ4v) is 1.15. The summed E-state index contributed by atoms with van der Waals surface area (Å²) in [6.45, 7) is 0. The summed E-state index contributed by atoms with van der Waals surface area (Å²) >= 11 is 0. The number of aliphatic carboxylic acids is 1. The summed E-state index contributed by atoms with van der Waals surface area (Å²) in [5.74, 6) is -1.25. The maximum atomic E-state index is 10.8. The lowest BCUT2D eigenvalue weighted by molar-refractivity contribution is -0.181. The molecule has 1 unspecified atom stereocenters. The second-order valence-electron chi connectivity index (χ2n) is 2.53. The molecule has 1 aromatic carbocycles. The number of hydrogen-bond donors (Lipinski definition) is 1. The van der Waals surface area contributed by atoms with Crippen LogP contribution < -0.4 is 4.89 Å². The van der Waals surface area contributed by atoms with Gasteiger partial charge in [-0.05, 0) is 10.1 Å². The molecule has 1 N–H and O–H groups in total. The molecule has 0 spiro atoms. The molecule has 6 heteroatoms. The summed E-state index contributed by atoms with van der Waals surface area (Å²) in [5, 5.41) is 8.79. The largest absolute Gasteiger partial charge is 0.558 e. The maximum Gasteiger partial charge on any atom is 0.538 e. The molecule has 0 heterocycles. The van der Waals surface area contributed by atoms with Gasteiger partial charge in [0.1, 0.15) is 5.57 Å². The first kappa shape index (κ1) is 11.4. The molecule has 5 nitrogen and oxygen atoms in total. The quantitative estimate of drug-likeness (QED) is 0.472. The number of carboxylic acids is 1.